The number of nitrogens with one attached hydrogen (secondary N) is 3. The zero-order valence-electron chi connectivity index (χ0n) is 11.2. The van der Waals surface area contributed by atoms with E-state index >= 15 is 0 Å². The zero-order valence-corrected chi connectivity index (χ0v) is 12.0. The lowest BCUT2D eigenvalue weighted by Crippen LogP contribution is -2.25. The molecule has 0 aliphatic carbocycles. The van der Waals surface area contributed by atoms with Gasteiger partial charge in [0.25, 0.3) is 5.91 Å². The van der Waals surface area contributed by atoms with Gasteiger partial charge in [-0.05, 0) is 31.6 Å². The van der Waals surface area contributed by atoms with Gasteiger partial charge < -0.3 is 15.6 Å². The van der Waals surface area contributed by atoms with Crippen LogP contribution in [-0.2, 0) is 13.0 Å². The molecule has 2 aromatic rings. The van der Waals surface area contributed by atoms with Gasteiger partial charge in [0.2, 0.25) is 0 Å². The molecule has 0 aliphatic heterocycles. The average molecular weight is 291 g/mol. The molecule has 0 fully saturated rings. The summed E-state index contributed by atoms with van der Waals surface area (Å²) in [5.41, 5.74) is 2.42. The Bertz CT molecular complexity index is 633. The lowest BCUT2D eigenvalue weighted by Gasteiger charge is -2.09. The van der Waals surface area contributed by atoms with Crippen LogP contribution in [0.4, 0.5) is 0 Å². The van der Waals surface area contributed by atoms with E-state index in [0.29, 0.717) is 12.1 Å². The second-order valence-electron chi connectivity index (χ2n) is 4.37. The highest BCUT2D eigenvalue weighted by Crippen LogP contribution is 2.09. The van der Waals surface area contributed by atoms with E-state index in [1.165, 1.54) is 0 Å². The number of carbonyl (C=O) groups is 1. The largest absolute Gasteiger partial charge is 0.346 e. The second kappa shape index (κ2) is 7.02. The van der Waals surface area contributed by atoms with Gasteiger partial charge in [-0.3, -0.25) is 9.59 Å². The molecule has 0 atom stereocenters. The number of amides is 1. The minimum Gasteiger partial charge on any atom is -0.346 e. The highest BCUT2D eigenvalue weighted by atomic mass is 32.1. The lowest BCUT2D eigenvalue weighted by atomic mass is 10.0. The molecule has 2 rings (SSSR count). The van der Waals surface area contributed by atoms with Crippen molar-refractivity contribution in [3.8, 4) is 0 Å². The van der Waals surface area contributed by atoms with E-state index in [2.05, 4.69) is 15.6 Å². The van der Waals surface area contributed by atoms with Gasteiger partial charge in [-0.2, -0.15) is 0 Å². The van der Waals surface area contributed by atoms with Crippen molar-refractivity contribution < 1.29 is 4.79 Å². The third kappa shape index (κ3) is 3.79. The van der Waals surface area contributed by atoms with Crippen LogP contribution in [0.1, 0.15) is 21.6 Å². The molecule has 20 heavy (non-hydrogen) atoms. The topological polar surface area (TPSA) is 74.0 Å². The molecular formula is C14H17N3O2S. The summed E-state index contributed by atoms with van der Waals surface area (Å²) in [5.74, 6) is -0.122. The summed E-state index contributed by atoms with van der Waals surface area (Å²) in [7, 11) is 1.88. The van der Waals surface area contributed by atoms with E-state index in [1.807, 2.05) is 31.3 Å². The maximum Gasteiger partial charge on any atom is 0.304 e. The molecular weight excluding hydrogens is 274 g/mol. The van der Waals surface area contributed by atoms with Gasteiger partial charge >= 0.3 is 4.87 Å². The molecule has 0 saturated heterocycles. The van der Waals surface area contributed by atoms with Crippen LogP contribution in [0.5, 0.6) is 0 Å². The van der Waals surface area contributed by atoms with E-state index in [1.54, 1.807) is 5.38 Å². The molecule has 3 N–H and O–H groups in total. The molecule has 0 aliphatic rings. The van der Waals surface area contributed by atoms with E-state index in [4.69, 9.17) is 0 Å². The summed E-state index contributed by atoms with van der Waals surface area (Å²) in [5, 5.41) is 7.61. The number of rotatable bonds is 6. The summed E-state index contributed by atoms with van der Waals surface area (Å²) in [6.07, 6.45) is 0.801. The van der Waals surface area contributed by atoms with Crippen LogP contribution in [0, 0.1) is 0 Å². The Balaban J connectivity index is 2.03. The Kier molecular flexibility index (Phi) is 5.09. The van der Waals surface area contributed by atoms with Gasteiger partial charge in [0.15, 0.2) is 0 Å². The van der Waals surface area contributed by atoms with Gasteiger partial charge in [-0.15, -0.1) is 0 Å². The maximum atomic E-state index is 12.2. The smallest absolute Gasteiger partial charge is 0.304 e. The number of aromatic amines is 1. The van der Waals surface area contributed by atoms with E-state index in [-0.39, 0.29) is 10.8 Å². The Morgan fingerprint density at radius 1 is 1.35 bits per heavy atom. The van der Waals surface area contributed by atoms with Crippen molar-refractivity contribution in [2.24, 2.45) is 0 Å². The summed E-state index contributed by atoms with van der Waals surface area (Å²) in [4.78, 5) is 25.8. The van der Waals surface area contributed by atoms with Crippen LogP contribution in [0.25, 0.3) is 0 Å². The Hall–Kier alpha value is -1.92. The molecule has 1 aromatic heterocycles. The third-order valence-electron chi connectivity index (χ3n) is 2.92. The Labute approximate surface area is 121 Å². The van der Waals surface area contributed by atoms with Gasteiger partial charge in [0.05, 0.1) is 6.54 Å². The summed E-state index contributed by atoms with van der Waals surface area (Å²) < 4.78 is 0. The van der Waals surface area contributed by atoms with Crippen LogP contribution < -0.4 is 15.5 Å². The number of likely N-dealkylation sites (N-methyl/N-ethyl adjacent to an activating group) is 1. The molecule has 1 aromatic carbocycles. The first-order valence-corrected chi connectivity index (χ1v) is 7.26. The zero-order chi connectivity index (χ0) is 14.4. The fourth-order valence-corrected chi connectivity index (χ4v) is 2.47. The lowest BCUT2D eigenvalue weighted by molar-refractivity contribution is 0.0949. The summed E-state index contributed by atoms with van der Waals surface area (Å²) >= 11 is 1.10. The number of H-pyrrole nitrogens is 1. The molecule has 0 unspecified atom stereocenters. The van der Waals surface area contributed by atoms with Crippen molar-refractivity contribution in [1.29, 1.82) is 0 Å². The number of thiazole rings is 1. The maximum absolute atomic E-state index is 12.2. The predicted octanol–water partition coefficient (Wildman–Crippen LogP) is 1.13. The molecule has 1 amide bonds. The van der Waals surface area contributed by atoms with Gasteiger partial charge in [0, 0.05) is 16.6 Å². The van der Waals surface area contributed by atoms with Gasteiger partial charge in [0.1, 0.15) is 0 Å². The van der Waals surface area contributed by atoms with Crippen LogP contribution in [-0.4, -0.2) is 24.5 Å². The number of aromatic nitrogens is 1. The standard InChI is InChI=1S/C14H17N3O2S/c1-15-7-6-10-4-2-3-5-12(10)13(18)16-8-11-9-20-14(19)17-11/h2-5,9,15H,6-8H2,1H3,(H,16,18)(H,17,19). The van der Waals surface area contributed by atoms with Crippen molar-refractivity contribution >= 4 is 17.2 Å². The minimum atomic E-state index is -0.122. The first kappa shape index (κ1) is 14.5. The molecule has 106 valence electrons. The molecule has 0 spiro atoms. The monoisotopic (exact) mass is 291 g/mol. The van der Waals surface area contributed by atoms with E-state index < -0.39 is 0 Å². The molecule has 0 saturated carbocycles. The third-order valence-corrected chi connectivity index (χ3v) is 3.64. The normalized spacial score (nSPS) is 10.4. The van der Waals surface area contributed by atoms with Crippen molar-refractivity contribution in [3.63, 3.8) is 0 Å². The summed E-state index contributed by atoms with van der Waals surface area (Å²) in [6, 6.07) is 7.55. The highest BCUT2D eigenvalue weighted by Gasteiger charge is 2.10. The van der Waals surface area contributed by atoms with Crippen molar-refractivity contribution in [3.05, 3.63) is 56.1 Å². The molecule has 6 heteroatoms. The SMILES string of the molecule is CNCCc1ccccc1C(=O)NCc1csc(=O)[nH]1. The van der Waals surface area contributed by atoms with Gasteiger partial charge in [-0.1, -0.05) is 29.5 Å². The summed E-state index contributed by atoms with van der Waals surface area (Å²) in [6.45, 7) is 1.15. The van der Waals surface area contributed by atoms with Crippen molar-refractivity contribution in [2.45, 2.75) is 13.0 Å². The average Bonchev–Trinajstić information content (AvgIpc) is 2.88. The Morgan fingerprint density at radius 3 is 2.85 bits per heavy atom. The first-order valence-electron chi connectivity index (χ1n) is 6.38. The first-order chi connectivity index (χ1) is 9.70. The van der Waals surface area contributed by atoms with Crippen LogP contribution in [0.15, 0.2) is 34.4 Å². The van der Waals surface area contributed by atoms with Crippen molar-refractivity contribution in [1.82, 2.24) is 15.6 Å². The van der Waals surface area contributed by atoms with Gasteiger partial charge in [-0.25, -0.2) is 0 Å². The van der Waals surface area contributed by atoms with E-state index in [0.717, 1.165) is 35.6 Å². The van der Waals surface area contributed by atoms with Crippen LogP contribution in [0.2, 0.25) is 0 Å². The fourth-order valence-electron chi connectivity index (χ4n) is 1.89. The van der Waals surface area contributed by atoms with Crippen molar-refractivity contribution in [2.75, 3.05) is 13.6 Å². The minimum absolute atomic E-state index is 0.108. The molecule has 0 bridgehead atoms. The Morgan fingerprint density at radius 2 is 2.15 bits per heavy atom. The molecule has 0 radical (unpaired) electrons. The second-order valence-corrected chi connectivity index (χ2v) is 5.21. The molecule has 1 heterocycles. The van der Waals surface area contributed by atoms with Crippen LogP contribution in [0.3, 0.4) is 0 Å². The number of benzene rings is 1. The predicted molar refractivity (Wildman–Crippen MR) is 80.2 cm³/mol. The van der Waals surface area contributed by atoms with E-state index in [9.17, 15) is 9.59 Å². The quantitative estimate of drug-likeness (QED) is 0.747. The highest BCUT2D eigenvalue weighted by molar-refractivity contribution is 7.07. The number of hydrogen-bond acceptors (Lipinski definition) is 4. The number of carbonyl (C=O) groups excluding carboxylic acids is 1. The van der Waals surface area contributed by atoms with Crippen LogP contribution >= 0.6 is 11.3 Å². The molecule has 5 nitrogen and oxygen atoms in total. The fraction of sp³-hybridized carbons (Fsp3) is 0.286. The number of hydrogen-bond donors (Lipinski definition) is 3.